The number of hydrogen-bond donors (Lipinski definition) is 1. The minimum absolute atomic E-state index is 0.0306. The van der Waals surface area contributed by atoms with E-state index in [0.717, 1.165) is 30.6 Å². The predicted molar refractivity (Wildman–Crippen MR) is 152 cm³/mol. The summed E-state index contributed by atoms with van der Waals surface area (Å²) < 4.78 is 12.5. The van der Waals surface area contributed by atoms with Gasteiger partial charge in [-0.1, -0.05) is 43.7 Å². The molecule has 1 N–H and O–H groups in total. The quantitative estimate of drug-likeness (QED) is 0.0889. The van der Waals surface area contributed by atoms with Crippen LogP contribution in [0.25, 0.3) is 16.6 Å². The second-order valence-electron chi connectivity index (χ2n) is 8.46. The van der Waals surface area contributed by atoms with Gasteiger partial charge >= 0.3 is 0 Å². The number of amides is 1. The number of thioether (sulfide) groups is 1. The molecule has 4 aromatic rings. The molecule has 0 saturated carbocycles. The molecule has 0 radical (unpaired) electrons. The number of fused-ring (bicyclic) bond motifs is 1. The third kappa shape index (κ3) is 7.01. The van der Waals surface area contributed by atoms with Gasteiger partial charge in [0.05, 0.1) is 42.3 Å². The van der Waals surface area contributed by atoms with Gasteiger partial charge in [-0.2, -0.15) is 5.10 Å². The molecule has 0 spiro atoms. The molecule has 3 aromatic carbocycles. The normalized spacial score (nSPS) is 11.1. The average molecular weight is 531 g/mol. The van der Waals surface area contributed by atoms with Crippen molar-refractivity contribution in [2.45, 2.75) is 31.3 Å². The standard InChI is InChI=1S/C29H30N4O4S/c1-3-4-7-18-37-24-14-10-21(11-15-24)19-30-32-27(34)20-38-29-31-26-9-6-5-8-25(26)28(35)33(29)22-12-16-23(36-2)17-13-22/h5-6,8-17,19H,3-4,7,18,20H2,1-2H3,(H,32,34)/b30-19+. The van der Waals surface area contributed by atoms with Gasteiger partial charge in [-0.05, 0) is 72.6 Å². The highest BCUT2D eigenvalue weighted by Crippen LogP contribution is 2.22. The Labute approximate surface area is 225 Å². The molecule has 38 heavy (non-hydrogen) atoms. The molecule has 4 rings (SSSR count). The lowest BCUT2D eigenvalue weighted by molar-refractivity contribution is -0.118. The molecular weight excluding hydrogens is 500 g/mol. The summed E-state index contributed by atoms with van der Waals surface area (Å²) in [5.41, 5.74) is 4.37. The Kier molecular flexibility index (Phi) is 9.53. The smallest absolute Gasteiger partial charge is 0.266 e. The van der Waals surface area contributed by atoms with E-state index in [1.54, 1.807) is 55.8 Å². The highest BCUT2D eigenvalue weighted by atomic mass is 32.2. The summed E-state index contributed by atoms with van der Waals surface area (Å²) in [6.45, 7) is 2.86. The number of carbonyl (C=O) groups excluding carboxylic acids is 1. The van der Waals surface area contributed by atoms with Crippen molar-refractivity contribution in [2.24, 2.45) is 5.10 Å². The molecule has 196 valence electrons. The minimum Gasteiger partial charge on any atom is -0.497 e. The number of benzene rings is 3. The van der Waals surface area contributed by atoms with Crippen molar-refractivity contribution in [2.75, 3.05) is 19.5 Å². The highest BCUT2D eigenvalue weighted by Gasteiger charge is 2.15. The topological polar surface area (TPSA) is 94.8 Å². The summed E-state index contributed by atoms with van der Waals surface area (Å²) in [6.07, 6.45) is 4.92. The average Bonchev–Trinajstić information content (AvgIpc) is 2.95. The van der Waals surface area contributed by atoms with Crippen molar-refractivity contribution in [3.63, 3.8) is 0 Å². The lowest BCUT2D eigenvalue weighted by Crippen LogP contribution is -2.24. The van der Waals surface area contributed by atoms with Gasteiger partial charge in [-0.3, -0.25) is 14.2 Å². The van der Waals surface area contributed by atoms with E-state index in [2.05, 4.69) is 22.4 Å². The van der Waals surface area contributed by atoms with Gasteiger partial charge in [-0.15, -0.1) is 0 Å². The number of hydrazone groups is 1. The number of nitrogens with zero attached hydrogens (tertiary/aromatic N) is 3. The Bertz CT molecular complexity index is 1450. The largest absolute Gasteiger partial charge is 0.497 e. The monoisotopic (exact) mass is 530 g/mol. The summed E-state index contributed by atoms with van der Waals surface area (Å²) in [5, 5.41) is 4.96. The number of ether oxygens (including phenoxy) is 2. The minimum atomic E-state index is -0.314. The molecule has 0 aliphatic rings. The number of carbonyl (C=O) groups is 1. The van der Waals surface area contributed by atoms with Crippen molar-refractivity contribution in [3.8, 4) is 17.2 Å². The number of para-hydroxylation sites is 1. The Morgan fingerprint density at radius 2 is 1.76 bits per heavy atom. The van der Waals surface area contributed by atoms with E-state index in [4.69, 9.17) is 9.47 Å². The maximum Gasteiger partial charge on any atom is 0.266 e. The van der Waals surface area contributed by atoms with Crippen LogP contribution >= 0.6 is 11.8 Å². The zero-order valence-electron chi connectivity index (χ0n) is 21.4. The fraction of sp³-hybridized carbons (Fsp3) is 0.241. The zero-order chi connectivity index (χ0) is 26.7. The van der Waals surface area contributed by atoms with Crippen LogP contribution in [0.5, 0.6) is 11.5 Å². The predicted octanol–water partition coefficient (Wildman–Crippen LogP) is 5.21. The lowest BCUT2D eigenvalue weighted by atomic mass is 10.2. The van der Waals surface area contributed by atoms with Gasteiger partial charge in [0.2, 0.25) is 0 Å². The fourth-order valence-electron chi connectivity index (χ4n) is 3.70. The Balaban J connectivity index is 1.41. The summed E-state index contributed by atoms with van der Waals surface area (Å²) in [7, 11) is 1.58. The van der Waals surface area contributed by atoms with E-state index in [1.165, 1.54) is 16.3 Å². The van der Waals surface area contributed by atoms with E-state index in [9.17, 15) is 9.59 Å². The van der Waals surface area contributed by atoms with E-state index in [0.29, 0.717) is 34.1 Å². The Morgan fingerprint density at radius 3 is 2.50 bits per heavy atom. The van der Waals surface area contributed by atoms with Gasteiger partial charge in [-0.25, -0.2) is 10.4 Å². The summed E-state index contributed by atoms with van der Waals surface area (Å²) >= 11 is 1.17. The van der Waals surface area contributed by atoms with Gasteiger partial charge < -0.3 is 9.47 Å². The van der Waals surface area contributed by atoms with Crippen molar-refractivity contribution >= 4 is 34.8 Å². The molecule has 0 unspecified atom stereocenters. The molecule has 1 heterocycles. The summed E-state index contributed by atoms with van der Waals surface area (Å²) in [5.74, 6) is 1.20. The van der Waals surface area contributed by atoms with Crippen LogP contribution < -0.4 is 20.5 Å². The first kappa shape index (κ1) is 26.9. The number of methoxy groups -OCH3 is 1. The van der Waals surface area contributed by atoms with Crippen LogP contribution in [0.2, 0.25) is 0 Å². The number of hydrogen-bond acceptors (Lipinski definition) is 7. The van der Waals surface area contributed by atoms with E-state index >= 15 is 0 Å². The third-order valence-corrected chi connectivity index (χ3v) is 6.65. The fourth-order valence-corrected chi connectivity index (χ4v) is 4.51. The van der Waals surface area contributed by atoms with E-state index in [1.807, 2.05) is 30.3 Å². The summed E-state index contributed by atoms with van der Waals surface area (Å²) in [6, 6.07) is 21.8. The number of rotatable bonds is 12. The number of nitrogens with one attached hydrogen (secondary N) is 1. The molecule has 0 fully saturated rings. The molecule has 0 atom stereocenters. The highest BCUT2D eigenvalue weighted by molar-refractivity contribution is 7.99. The Hall–Kier alpha value is -4.11. The molecular formula is C29H30N4O4S. The molecule has 1 amide bonds. The first-order valence-corrected chi connectivity index (χ1v) is 13.4. The molecule has 0 aliphatic heterocycles. The molecule has 9 heteroatoms. The Morgan fingerprint density at radius 1 is 1.03 bits per heavy atom. The first-order valence-electron chi connectivity index (χ1n) is 12.4. The van der Waals surface area contributed by atoms with Crippen LogP contribution in [-0.4, -0.2) is 41.1 Å². The van der Waals surface area contributed by atoms with E-state index in [-0.39, 0.29) is 17.2 Å². The lowest BCUT2D eigenvalue weighted by Gasteiger charge is -2.13. The number of unbranched alkanes of at least 4 members (excludes halogenated alkanes) is 2. The van der Waals surface area contributed by atoms with Crippen molar-refractivity contribution in [1.29, 1.82) is 0 Å². The van der Waals surface area contributed by atoms with Crippen molar-refractivity contribution in [3.05, 3.63) is 88.7 Å². The van der Waals surface area contributed by atoms with Crippen LogP contribution in [0.3, 0.4) is 0 Å². The first-order chi connectivity index (χ1) is 18.6. The summed E-state index contributed by atoms with van der Waals surface area (Å²) in [4.78, 5) is 30.5. The van der Waals surface area contributed by atoms with Crippen LogP contribution in [0.15, 0.2) is 87.8 Å². The molecule has 0 bridgehead atoms. The molecule has 1 aromatic heterocycles. The molecule has 0 saturated heterocycles. The van der Waals surface area contributed by atoms with Gasteiger partial charge in [0.15, 0.2) is 5.16 Å². The van der Waals surface area contributed by atoms with Crippen LogP contribution in [-0.2, 0) is 4.79 Å². The second-order valence-corrected chi connectivity index (χ2v) is 9.40. The van der Waals surface area contributed by atoms with Crippen molar-refractivity contribution in [1.82, 2.24) is 15.0 Å². The van der Waals surface area contributed by atoms with Crippen molar-refractivity contribution < 1.29 is 14.3 Å². The second kappa shape index (κ2) is 13.4. The maximum atomic E-state index is 13.3. The van der Waals surface area contributed by atoms with Gasteiger partial charge in [0, 0.05) is 0 Å². The zero-order valence-corrected chi connectivity index (χ0v) is 22.2. The van der Waals surface area contributed by atoms with Crippen LogP contribution in [0.4, 0.5) is 0 Å². The van der Waals surface area contributed by atoms with Crippen LogP contribution in [0, 0.1) is 0 Å². The SMILES string of the molecule is CCCCCOc1ccc(/C=N/NC(=O)CSc2nc3ccccc3c(=O)n2-c2ccc(OC)cc2)cc1. The number of aromatic nitrogens is 2. The van der Waals surface area contributed by atoms with Gasteiger partial charge in [0.1, 0.15) is 11.5 Å². The third-order valence-electron chi connectivity index (χ3n) is 5.71. The molecule has 0 aliphatic carbocycles. The van der Waals surface area contributed by atoms with Crippen LogP contribution in [0.1, 0.15) is 31.7 Å². The maximum absolute atomic E-state index is 13.3. The van der Waals surface area contributed by atoms with Gasteiger partial charge in [0.25, 0.3) is 11.5 Å². The molecule has 8 nitrogen and oxygen atoms in total. The van der Waals surface area contributed by atoms with E-state index < -0.39 is 0 Å².